The van der Waals surface area contributed by atoms with Gasteiger partial charge in [-0.3, -0.25) is 9.30 Å². The van der Waals surface area contributed by atoms with Gasteiger partial charge in [-0.25, -0.2) is 9.78 Å². The number of carbonyl (C=O) groups is 1. The van der Waals surface area contributed by atoms with E-state index in [2.05, 4.69) is 9.88 Å². The van der Waals surface area contributed by atoms with Crippen LogP contribution in [0.4, 0.5) is 10.6 Å². The van der Waals surface area contributed by atoms with E-state index in [1.807, 2.05) is 43.6 Å². The molecule has 2 aromatic heterocycles. The van der Waals surface area contributed by atoms with Crippen LogP contribution in [0, 0.1) is 0 Å². The maximum Gasteiger partial charge on any atom is 0.408 e. The summed E-state index contributed by atoms with van der Waals surface area (Å²) in [5, 5.41) is 10.2. The number of halogens is 1. The molecule has 0 radical (unpaired) electrons. The Kier molecular flexibility index (Phi) is 6.00. The van der Waals surface area contributed by atoms with Crippen LogP contribution in [0.1, 0.15) is 27.2 Å². The fraction of sp³-hybridized carbons (Fsp3) is 0.435. The first-order valence-corrected chi connectivity index (χ1v) is 11.0. The molecule has 0 saturated carbocycles. The van der Waals surface area contributed by atoms with E-state index in [0.717, 1.165) is 24.3 Å². The second-order valence-electron chi connectivity index (χ2n) is 9.02. The molecule has 1 saturated heterocycles. The highest BCUT2D eigenvalue weighted by molar-refractivity contribution is 6.32. The lowest BCUT2D eigenvalue weighted by Gasteiger charge is -2.37. The van der Waals surface area contributed by atoms with E-state index in [4.69, 9.17) is 26.1 Å². The van der Waals surface area contributed by atoms with Crippen LogP contribution in [0.25, 0.3) is 17.0 Å². The predicted molar refractivity (Wildman–Crippen MR) is 127 cm³/mol. The maximum atomic E-state index is 11.9. The monoisotopic (exact) mass is 473 g/mol. The molecule has 1 atom stereocenters. The zero-order valence-corrected chi connectivity index (χ0v) is 20.1. The quantitative estimate of drug-likeness (QED) is 0.586. The van der Waals surface area contributed by atoms with Gasteiger partial charge in [0.2, 0.25) is 5.78 Å². The highest BCUT2D eigenvalue weighted by Crippen LogP contribution is 2.38. The highest BCUT2D eigenvalue weighted by Gasteiger charge is 2.37. The Balaban J connectivity index is 1.62. The Labute approximate surface area is 197 Å². The molecule has 1 aliphatic rings. The third-order valence-corrected chi connectivity index (χ3v) is 6.14. The molecule has 1 fully saturated rings. The van der Waals surface area contributed by atoms with Crippen LogP contribution >= 0.6 is 11.6 Å². The number of imidazole rings is 1. The zero-order valence-electron chi connectivity index (χ0n) is 19.4. The number of carboxylic acid groups (broad SMARTS) is 1. The molecule has 0 spiro atoms. The van der Waals surface area contributed by atoms with Crippen molar-refractivity contribution in [2.24, 2.45) is 0 Å². The molecule has 3 aromatic rings. The van der Waals surface area contributed by atoms with Crippen molar-refractivity contribution in [1.82, 2.24) is 19.3 Å². The third kappa shape index (κ3) is 4.37. The molecule has 33 heavy (non-hydrogen) atoms. The molecule has 3 heterocycles. The summed E-state index contributed by atoms with van der Waals surface area (Å²) in [6.45, 7) is 7.06. The van der Waals surface area contributed by atoms with Gasteiger partial charge in [0.15, 0.2) is 0 Å². The van der Waals surface area contributed by atoms with Crippen LogP contribution in [0.5, 0.6) is 11.5 Å². The molecule has 4 rings (SSSR count). The van der Waals surface area contributed by atoms with Gasteiger partial charge in [0.05, 0.1) is 31.0 Å². The van der Waals surface area contributed by atoms with E-state index in [1.165, 1.54) is 0 Å². The van der Waals surface area contributed by atoms with Crippen LogP contribution < -0.4 is 14.4 Å². The molecule has 0 bridgehead atoms. The van der Waals surface area contributed by atoms with Crippen molar-refractivity contribution in [3.8, 4) is 22.8 Å². The number of methoxy groups -OCH3 is 2. The third-order valence-electron chi connectivity index (χ3n) is 5.84. The summed E-state index contributed by atoms with van der Waals surface area (Å²) in [4.78, 5) is 24.9. The maximum absolute atomic E-state index is 11.9. The van der Waals surface area contributed by atoms with Gasteiger partial charge in [-0.2, -0.15) is 4.98 Å². The van der Waals surface area contributed by atoms with E-state index in [-0.39, 0.29) is 6.04 Å². The molecule has 9 nitrogen and oxygen atoms in total. The number of anilines is 1. The van der Waals surface area contributed by atoms with E-state index in [0.29, 0.717) is 34.5 Å². The number of nitrogens with zero attached hydrogens (tertiary/aromatic N) is 5. The van der Waals surface area contributed by atoms with Crippen LogP contribution in [-0.4, -0.2) is 69.4 Å². The second-order valence-corrected chi connectivity index (χ2v) is 9.43. The van der Waals surface area contributed by atoms with Gasteiger partial charge in [-0.15, -0.1) is 0 Å². The molecule has 1 aromatic carbocycles. The summed E-state index contributed by atoms with van der Waals surface area (Å²) in [6, 6.07) is 5.32. The summed E-state index contributed by atoms with van der Waals surface area (Å²) in [5.74, 6) is 2.42. The fourth-order valence-corrected chi connectivity index (χ4v) is 4.62. The minimum atomic E-state index is -0.900. The molecule has 176 valence electrons. The van der Waals surface area contributed by atoms with Gasteiger partial charge >= 0.3 is 6.09 Å². The van der Waals surface area contributed by atoms with Crippen LogP contribution in [0.2, 0.25) is 5.02 Å². The number of aromatic nitrogens is 3. The van der Waals surface area contributed by atoms with E-state index in [1.54, 1.807) is 31.3 Å². The molecular formula is C23H28ClN5O4. The average Bonchev–Trinajstić information content (AvgIpc) is 3.38. The van der Waals surface area contributed by atoms with Gasteiger partial charge in [-0.05, 0) is 39.3 Å². The Morgan fingerprint density at radius 1 is 1.21 bits per heavy atom. The van der Waals surface area contributed by atoms with Crippen LogP contribution in [0.3, 0.4) is 0 Å². The highest BCUT2D eigenvalue weighted by atomic mass is 35.5. The minimum Gasteiger partial charge on any atom is -0.496 e. The molecule has 1 amide bonds. The number of fused-ring (bicyclic) bond motifs is 1. The summed E-state index contributed by atoms with van der Waals surface area (Å²) >= 11 is 6.33. The number of hydrogen-bond donors (Lipinski definition) is 1. The first kappa shape index (κ1) is 23.0. The smallest absolute Gasteiger partial charge is 0.408 e. The lowest BCUT2D eigenvalue weighted by molar-refractivity contribution is 0.0763. The Bertz CT molecular complexity index is 1190. The Morgan fingerprint density at radius 2 is 1.94 bits per heavy atom. The molecule has 0 aliphatic carbocycles. The summed E-state index contributed by atoms with van der Waals surface area (Å²) in [7, 11) is 3.14. The number of amides is 1. The first-order valence-electron chi connectivity index (χ1n) is 10.7. The van der Waals surface area contributed by atoms with Crippen molar-refractivity contribution < 1.29 is 19.4 Å². The Morgan fingerprint density at radius 3 is 2.58 bits per heavy atom. The molecule has 10 heteroatoms. The van der Waals surface area contributed by atoms with Crippen molar-refractivity contribution in [3.63, 3.8) is 0 Å². The summed E-state index contributed by atoms with van der Waals surface area (Å²) < 4.78 is 12.6. The lowest BCUT2D eigenvalue weighted by atomic mass is 10.0. The summed E-state index contributed by atoms with van der Waals surface area (Å²) in [6.07, 6.45) is 3.61. The summed E-state index contributed by atoms with van der Waals surface area (Å²) in [5.41, 5.74) is 0.935. The lowest BCUT2D eigenvalue weighted by Crippen LogP contribution is -2.52. The zero-order chi connectivity index (χ0) is 23.9. The predicted octanol–water partition coefficient (Wildman–Crippen LogP) is 4.42. The number of hydrogen-bond acceptors (Lipinski definition) is 6. The first-order chi connectivity index (χ1) is 15.6. The number of benzene rings is 1. The van der Waals surface area contributed by atoms with Crippen LogP contribution in [0.15, 0.2) is 30.6 Å². The van der Waals surface area contributed by atoms with Gasteiger partial charge in [0.1, 0.15) is 17.3 Å². The second kappa shape index (κ2) is 8.62. The standard InChI is InChI=1S/C23H28ClN5O4/c1-23(2,3)29(22(30)31)14-6-8-27(12-14)20-7-9-28-13-17(25-21(28)26-20)15-10-16(24)19(33-5)11-18(15)32-4/h7,9-11,13-14H,6,8,12H2,1-5H3,(H,30,31). The van der Waals surface area contributed by atoms with Gasteiger partial charge in [0, 0.05) is 42.7 Å². The van der Waals surface area contributed by atoms with Crippen molar-refractivity contribution in [2.75, 3.05) is 32.2 Å². The van der Waals surface area contributed by atoms with Crippen molar-refractivity contribution in [1.29, 1.82) is 0 Å². The molecule has 1 unspecified atom stereocenters. The Hall–Kier alpha value is -3.20. The van der Waals surface area contributed by atoms with Gasteiger partial charge in [-0.1, -0.05) is 11.6 Å². The normalized spacial score (nSPS) is 16.3. The largest absolute Gasteiger partial charge is 0.496 e. The number of rotatable bonds is 5. The average molecular weight is 474 g/mol. The molecule has 1 aliphatic heterocycles. The van der Waals surface area contributed by atoms with Crippen molar-refractivity contribution in [3.05, 3.63) is 35.6 Å². The van der Waals surface area contributed by atoms with Crippen LogP contribution in [-0.2, 0) is 0 Å². The van der Waals surface area contributed by atoms with E-state index >= 15 is 0 Å². The van der Waals surface area contributed by atoms with Gasteiger partial charge in [0.25, 0.3) is 0 Å². The fourth-order valence-electron chi connectivity index (χ4n) is 4.38. The SMILES string of the molecule is COc1cc(OC)c(-c2cn3ccc(N4CCC(N(C(=O)O)C(C)(C)C)C4)nc3n2)cc1Cl. The van der Waals surface area contributed by atoms with Crippen molar-refractivity contribution in [2.45, 2.75) is 38.8 Å². The van der Waals surface area contributed by atoms with E-state index < -0.39 is 11.6 Å². The number of ether oxygens (including phenoxy) is 2. The van der Waals surface area contributed by atoms with Crippen molar-refractivity contribution >= 4 is 29.3 Å². The minimum absolute atomic E-state index is 0.0958. The molecular weight excluding hydrogens is 446 g/mol. The molecule has 1 N–H and O–H groups in total. The topological polar surface area (TPSA) is 92.4 Å². The van der Waals surface area contributed by atoms with E-state index in [9.17, 15) is 9.90 Å². The van der Waals surface area contributed by atoms with Gasteiger partial charge < -0.3 is 19.5 Å².